The van der Waals surface area contributed by atoms with Crippen LogP contribution in [0.4, 0.5) is 0 Å². The van der Waals surface area contributed by atoms with Gasteiger partial charge in [0, 0.05) is 4.88 Å². The third-order valence-corrected chi connectivity index (χ3v) is 4.83. The van der Waals surface area contributed by atoms with Crippen molar-refractivity contribution in [2.24, 2.45) is 0 Å². The van der Waals surface area contributed by atoms with E-state index in [2.05, 4.69) is 18.3 Å². The summed E-state index contributed by atoms with van der Waals surface area (Å²) in [5, 5.41) is 3.73. The van der Waals surface area contributed by atoms with Crippen molar-refractivity contribution < 1.29 is 0 Å². The molecule has 0 radical (unpaired) electrons. The van der Waals surface area contributed by atoms with E-state index in [1.807, 2.05) is 6.07 Å². The zero-order valence-electron chi connectivity index (χ0n) is 9.18. The Hall–Kier alpha value is -0.0500. The van der Waals surface area contributed by atoms with Gasteiger partial charge in [0.1, 0.15) is 0 Å². The van der Waals surface area contributed by atoms with E-state index in [0.717, 1.165) is 17.3 Å². The van der Waals surface area contributed by atoms with Gasteiger partial charge < -0.3 is 5.32 Å². The Morgan fingerprint density at radius 3 is 2.93 bits per heavy atom. The molecule has 0 bridgehead atoms. The smallest absolute Gasteiger partial charge is 0.0931 e. The van der Waals surface area contributed by atoms with E-state index in [9.17, 15) is 0 Å². The largest absolute Gasteiger partial charge is 0.307 e. The van der Waals surface area contributed by atoms with Gasteiger partial charge in [0.2, 0.25) is 0 Å². The second kappa shape index (κ2) is 4.86. The predicted octanol–water partition coefficient (Wildman–Crippen LogP) is 4.17. The third kappa shape index (κ3) is 2.38. The van der Waals surface area contributed by atoms with Crippen LogP contribution in [0.1, 0.15) is 43.9 Å². The average Bonchev–Trinajstić information content (AvgIpc) is 2.56. The monoisotopic (exact) mass is 243 g/mol. The summed E-state index contributed by atoms with van der Waals surface area (Å²) in [6.07, 6.45) is 6.40. The first-order valence-corrected chi connectivity index (χ1v) is 6.97. The lowest BCUT2D eigenvalue weighted by atomic mass is 9.89. The van der Waals surface area contributed by atoms with Gasteiger partial charge in [0.25, 0.3) is 0 Å². The fourth-order valence-corrected chi connectivity index (χ4v) is 3.71. The van der Waals surface area contributed by atoms with Crippen molar-refractivity contribution in [1.82, 2.24) is 5.32 Å². The first-order valence-electron chi connectivity index (χ1n) is 5.78. The molecule has 1 aliphatic rings. The fraction of sp³-hybridized carbons (Fsp3) is 0.667. The fourth-order valence-electron chi connectivity index (χ4n) is 2.40. The molecule has 0 amide bonds. The van der Waals surface area contributed by atoms with Crippen LogP contribution in [-0.2, 0) is 5.54 Å². The SMILES string of the molecule is CCC1(c2ccc(Cl)s2)CCCCCN1. The topological polar surface area (TPSA) is 12.0 Å². The molecule has 1 atom stereocenters. The zero-order chi connectivity index (χ0) is 10.7. The maximum absolute atomic E-state index is 6.03. The summed E-state index contributed by atoms with van der Waals surface area (Å²) in [5.74, 6) is 0. The Kier molecular flexibility index (Phi) is 3.70. The highest BCUT2D eigenvalue weighted by Crippen LogP contribution is 2.38. The summed E-state index contributed by atoms with van der Waals surface area (Å²) in [7, 11) is 0. The van der Waals surface area contributed by atoms with Crippen molar-refractivity contribution in [3.8, 4) is 0 Å². The van der Waals surface area contributed by atoms with Crippen molar-refractivity contribution in [3.05, 3.63) is 21.3 Å². The van der Waals surface area contributed by atoms with Gasteiger partial charge >= 0.3 is 0 Å². The van der Waals surface area contributed by atoms with E-state index in [1.54, 1.807) is 11.3 Å². The molecular weight excluding hydrogens is 226 g/mol. The van der Waals surface area contributed by atoms with Crippen LogP contribution < -0.4 is 5.32 Å². The average molecular weight is 244 g/mol. The van der Waals surface area contributed by atoms with Crippen molar-refractivity contribution in [3.63, 3.8) is 0 Å². The quantitative estimate of drug-likeness (QED) is 0.822. The zero-order valence-corrected chi connectivity index (χ0v) is 10.8. The van der Waals surface area contributed by atoms with Gasteiger partial charge in [-0.25, -0.2) is 0 Å². The van der Waals surface area contributed by atoms with E-state index in [1.165, 1.54) is 30.6 Å². The van der Waals surface area contributed by atoms with Crippen LogP contribution in [0.15, 0.2) is 12.1 Å². The molecule has 2 heterocycles. The number of halogens is 1. The van der Waals surface area contributed by atoms with Crippen molar-refractivity contribution >= 4 is 22.9 Å². The summed E-state index contributed by atoms with van der Waals surface area (Å²) >= 11 is 7.76. The Morgan fingerprint density at radius 2 is 2.27 bits per heavy atom. The first-order chi connectivity index (χ1) is 7.27. The molecule has 84 valence electrons. The van der Waals surface area contributed by atoms with Crippen LogP contribution in [0.5, 0.6) is 0 Å². The van der Waals surface area contributed by atoms with Gasteiger partial charge in [-0.2, -0.15) is 0 Å². The predicted molar refractivity (Wildman–Crippen MR) is 67.8 cm³/mol. The molecule has 1 aromatic rings. The van der Waals surface area contributed by atoms with Crippen molar-refractivity contribution in [2.45, 2.75) is 44.6 Å². The van der Waals surface area contributed by atoms with Gasteiger partial charge in [-0.15, -0.1) is 11.3 Å². The molecule has 1 N–H and O–H groups in total. The second-order valence-electron chi connectivity index (χ2n) is 4.28. The van der Waals surface area contributed by atoms with Crippen LogP contribution >= 0.6 is 22.9 Å². The molecule has 0 saturated carbocycles. The minimum atomic E-state index is 0.203. The van der Waals surface area contributed by atoms with Crippen LogP contribution in [0, 0.1) is 0 Å². The van der Waals surface area contributed by atoms with E-state index >= 15 is 0 Å². The summed E-state index contributed by atoms with van der Waals surface area (Å²) in [6, 6.07) is 4.21. The molecule has 1 saturated heterocycles. The molecule has 3 heteroatoms. The molecule has 1 fully saturated rings. The molecule has 0 spiro atoms. The minimum absolute atomic E-state index is 0.203. The normalized spacial score (nSPS) is 27.6. The number of hydrogen-bond acceptors (Lipinski definition) is 2. The van der Waals surface area contributed by atoms with Crippen LogP contribution in [0.3, 0.4) is 0 Å². The second-order valence-corrected chi connectivity index (χ2v) is 5.99. The number of rotatable bonds is 2. The van der Waals surface area contributed by atoms with E-state index in [0.29, 0.717) is 0 Å². The Morgan fingerprint density at radius 1 is 1.40 bits per heavy atom. The standard InChI is InChI=1S/C12H18ClNS/c1-2-12(8-4-3-5-9-14-12)10-6-7-11(13)15-10/h6-7,14H,2-5,8-9H2,1H3. The van der Waals surface area contributed by atoms with Crippen LogP contribution in [-0.4, -0.2) is 6.54 Å². The third-order valence-electron chi connectivity index (χ3n) is 3.39. The molecular formula is C12H18ClNS. The molecule has 1 aromatic heterocycles. The Balaban J connectivity index is 2.26. The maximum Gasteiger partial charge on any atom is 0.0931 e. The van der Waals surface area contributed by atoms with E-state index in [-0.39, 0.29) is 5.54 Å². The Bertz CT molecular complexity index is 313. The van der Waals surface area contributed by atoms with Crippen molar-refractivity contribution in [2.75, 3.05) is 6.54 Å². The van der Waals surface area contributed by atoms with Gasteiger partial charge in [0.05, 0.1) is 9.88 Å². The number of thiophene rings is 1. The Labute approximate surface area is 101 Å². The molecule has 1 unspecified atom stereocenters. The summed E-state index contributed by atoms with van der Waals surface area (Å²) < 4.78 is 0.906. The molecule has 0 aromatic carbocycles. The van der Waals surface area contributed by atoms with Crippen molar-refractivity contribution in [1.29, 1.82) is 0 Å². The van der Waals surface area contributed by atoms with Gasteiger partial charge in [0.15, 0.2) is 0 Å². The summed E-state index contributed by atoms with van der Waals surface area (Å²) in [5.41, 5.74) is 0.203. The number of nitrogens with one attached hydrogen (secondary N) is 1. The molecule has 0 aliphatic carbocycles. The van der Waals surface area contributed by atoms with Crippen LogP contribution in [0.25, 0.3) is 0 Å². The minimum Gasteiger partial charge on any atom is -0.307 e. The van der Waals surface area contributed by atoms with Gasteiger partial charge in [-0.05, 0) is 37.9 Å². The maximum atomic E-state index is 6.03. The van der Waals surface area contributed by atoms with Gasteiger partial charge in [-0.1, -0.05) is 31.4 Å². The van der Waals surface area contributed by atoms with E-state index in [4.69, 9.17) is 11.6 Å². The highest BCUT2D eigenvalue weighted by atomic mass is 35.5. The molecule has 2 rings (SSSR count). The summed E-state index contributed by atoms with van der Waals surface area (Å²) in [4.78, 5) is 1.41. The molecule has 15 heavy (non-hydrogen) atoms. The first kappa shape index (κ1) is 11.4. The highest BCUT2D eigenvalue weighted by molar-refractivity contribution is 7.16. The van der Waals surface area contributed by atoms with Crippen LogP contribution in [0.2, 0.25) is 4.34 Å². The van der Waals surface area contributed by atoms with E-state index < -0.39 is 0 Å². The van der Waals surface area contributed by atoms with Gasteiger partial charge in [-0.3, -0.25) is 0 Å². The molecule has 1 nitrogen and oxygen atoms in total. The number of hydrogen-bond donors (Lipinski definition) is 1. The lowest BCUT2D eigenvalue weighted by Crippen LogP contribution is -2.40. The highest BCUT2D eigenvalue weighted by Gasteiger charge is 2.31. The molecule has 1 aliphatic heterocycles. The summed E-state index contributed by atoms with van der Waals surface area (Å²) in [6.45, 7) is 3.41. The lowest BCUT2D eigenvalue weighted by Gasteiger charge is -2.31. The lowest BCUT2D eigenvalue weighted by molar-refractivity contribution is 0.319.